The molecule has 0 saturated heterocycles. The highest BCUT2D eigenvalue weighted by Crippen LogP contribution is 2.39. The number of ether oxygens (including phenoxy) is 1. The molecule has 14 heteroatoms. The van der Waals surface area contributed by atoms with Crippen molar-refractivity contribution in [2.75, 3.05) is 0 Å². The van der Waals surface area contributed by atoms with E-state index in [0.717, 1.165) is 6.07 Å². The van der Waals surface area contributed by atoms with Crippen LogP contribution in [-0.2, 0) is 23.7 Å². The lowest BCUT2D eigenvalue weighted by Crippen LogP contribution is -2.43. The summed E-state index contributed by atoms with van der Waals surface area (Å²) in [5, 5.41) is 2.88. The third kappa shape index (κ3) is 6.09. The second kappa shape index (κ2) is 10.3. The molecule has 2 N–H and O–H groups in total. The van der Waals surface area contributed by atoms with Gasteiger partial charge in [-0.15, -0.1) is 0 Å². The number of alkyl halides is 6. The van der Waals surface area contributed by atoms with Crippen LogP contribution in [0.3, 0.4) is 0 Å². The number of hydrogen-bond acceptors (Lipinski definition) is 4. The first kappa shape index (κ1) is 27.4. The van der Waals surface area contributed by atoms with Crippen LogP contribution in [0.2, 0.25) is 5.02 Å². The summed E-state index contributed by atoms with van der Waals surface area (Å²) in [6, 6.07) is 7.89. The van der Waals surface area contributed by atoms with Gasteiger partial charge in [-0.1, -0.05) is 23.7 Å². The Morgan fingerprint density at radius 3 is 2.42 bits per heavy atom. The first-order valence-electron chi connectivity index (χ1n) is 11.0. The van der Waals surface area contributed by atoms with E-state index in [1.165, 1.54) is 0 Å². The number of H-pyrrole nitrogens is 1. The van der Waals surface area contributed by atoms with Crippen molar-refractivity contribution < 1.29 is 40.3 Å². The number of amides is 1. The summed E-state index contributed by atoms with van der Waals surface area (Å²) in [4.78, 5) is 28.9. The molecule has 2 aromatic carbocycles. The van der Waals surface area contributed by atoms with E-state index in [2.05, 4.69) is 10.3 Å². The lowest BCUT2D eigenvalue weighted by Gasteiger charge is -2.34. The molecule has 38 heavy (non-hydrogen) atoms. The summed E-state index contributed by atoms with van der Waals surface area (Å²) < 4.78 is 101. The number of rotatable bonds is 6. The molecule has 1 heterocycles. The molecule has 1 aliphatic carbocycles. The van der Waals surface area contributed by atoms with Crippen LogP contribution in [0.5, 0.6) is 5.75 Å². The standard InChI is InChI=1S/C24H17ClF7N3O3/c25-13-2-1-3-14(8-13)38-15-6-12(7-15)22(37)33-10-11-4-5-16(23(27,28)29)19(20(11)26)21-34-17(24(30,31)32)9-18(36)35-21/h1-5,8-9,12,15H,6-7,10H2,(H,33,37)(H,34,35,36)/t12-,15+. The topological polar surface area (TPSA) is 84.1 Å². The average molecular weight is 564 g/mol. The number of carbonyl (C=O) groups is 1. The van der Waals surface area contributed by atoms with Gasteiger partial charge in [0.05, 0.1) is 11.1 Å². The number of halogens is 8. The SMILES string of the molecule is O=c1cc(C(F)(F)F)nc(-c2c(C(F)(F)F)ccc(CNC(=O)[C@H]3C[C@@H](Oc4cccc(Cl)c4)C3)c2F)[nH]1. The van der Waals surface area contributed by atoms with Gasteiger partial charge in [0.1, 0.15) is 23.5 Å². The third-order valence-corrected chi connectivity index (χ3v) is 6.05. The Morgan fingerprint density at radius 1 is 1.08 bits per heavy atom. The number of nitrogens with zero attached hydrogens (tertiary/aromatic N) is 1. The molecule has 1 amide bonds. The van der Waals surface area contributed by atoms with Crippen LogP contribution >= 0.6 is 11.6 Å². The maximum Gasteiger partial charge on any atom is 0.433 e. The Balaban J connectivity index is 1.51. The molecule has 202 valence electrons. The molecule has 0 unspecified atom stereocenters. The van der Waals surface area contributed by atoms with Gasteiger partial charge >= 0.3 is 12.4 Å². The van der Waals surface area contributed by atoms with E-state index in [1.807, 2.05) is 0 Å². The summed E-state index contributed by atoms with van der Waals surface area (Å²) in [6.07, 6.45) is -9.97. The Labute approximate surface area is 214 Å². The molecule has 0 bridgehead atoms. The van der Waals surface area contributed by atoms with Gasteiger partial charge in [-0.25, -0.2) is 9.37 Å². The van der Waals surface area contributed by atoms with Crippen LogP contribution < -0.4 is 15.6 Å². The summed E-state index contributed by atoms with van der Waals surface area (Å²) in [5.41, 5.74) is -6.68. The molecule has 0 aliphatic heterocycles. The lowest BCUT2D eigenvalue weighted by atomic mass is 9.81. The summed E-state index contributed by atoms with van der Waals surface area (Å²) in [6.45, 7) is -0.560. The fraction of sp³-hybridized carbons (Fsp3) is 0.292. The van der Waals surface area contributed by atoms with Gasteiger partial charge in [-0.05, 0) is 37.1 Å². The van der Waals surface area contributed by atoms with Gasteiger partial charge in [-0.2, -0.15) is 26.3 Å². The van der Waals surface area contributed by atoms with Gasteiger partial charge in [-0.3, -0.25) is 9.59 Å². The van der Waals surface area contributed by atoms with Gasteiger partial charge in [0, 0.05) is 29.1 Å². The number of aromatic amines is 1. The Kier molecular flexibility index (Phi) is 7.42. The van der Waals surface area contributed by atoms with Gasteiger partial charge < -0.3 is 15.0 Å². The highest BCUT2D eigenvalue weighted by Gasteiger charge is 2.39. The van der Waals surface area contributed by atoms with Crippen LogP contribution in [0.4, 0.5) is 30.7 Å². The summed E-state index contributed by atoms with van der Waals surface area (Å²) in [7, 11) is 0. The van der Waals surface area contributed by atoms with Crippen LogP contribution in [-0.4, -0.2) is 22.0 Å². The van der Waals surface area contributed by atoms with Gasteiger partial charge in [0.15, 0.2) is 5.69 Å². The molecule has 1 saturated carbocycles. The highest BCUT2D eigenvalue weighted by molar-refractivity contribution is 6.30. The van der Waals surface area contributed by atoms with Crippen molar-refractivity contribution in [3.63, 3.8) is 0 Å². The van der Waals surface area contributed by atoms with E-state index >= 15 is 4.39 Å². The number of aromatic nitrogens is 2. The normalized spacial score (nSPS) is 17.6. The molecular formula is C24H17ClF7N3O3. The predicted molar refractivity (Wildman–Crippen MR) is 121 cm³/mol. The van der Waals surface area contributed by atoms with E-state index in [9.17, 15) is 35.9 Å². The number of benzene rings is 2. The maximum atomic E-state index is 15.3. The lowest BCUT2D eigenvalue weighted by molar-refractivity contribution is -0.141. The zero-order valence-electron chi connectivity index (χ0n) is 19.0. The Morgan fingerprint density at radius 2 is 1.79 bits per heavy atom. The molecule has 3 aromatic rings. The van der Waals surface area contributed by atoms with Crippen LogP contribution in [0.25, 0.3) is 11.4 Å². The van der Waals surface area contributed by atoms with E-state index in [-0.39, 0.29) is 12.2 Å². The second-order valence-electron chi connectivity index (χ2n) is 8.52. The van der Waals surface area contributed by atoms with E-state index in [1.54, 1.807) is 29.2 Å². The van der Waals surface area contributed by atoms with Gasteiger partial charge in [0.25, 0.3) is 5.56 Å². The first-order valence-corrected chi connectivity index (χ1v) is 11.4. The average Bonchev–Trinajstić information content (AvgIpc) is 2.78. The van der Waals surface area contributed by atoms with Crippen LogP contribution in [0.1, 0.15) is 29.7 Å². The zero-order chi connectivity index (χ0) is 27.8. The van der Waals surface area contributed by atoms with Crippen LogP contribution in [0.15, 0.2) is 47.3 Å². The molecule has 4 rings (SSSR count). The minimum Gasteiger partial charge on any atom is -0.490 e. The number of nitrogens with one attached hydrogen (secondary N) is 2. The molecular weight excluding hydrogens is 547 g/mol. The van der Waals surface area contributed by atoms with Crippen molar-refractivity contribution in [3.05, 3.63) is 80.5 Å². The fourth-order valence-electron chi connectivity index (χ4n) is 3.88. The minimum atomic E-state index is -5.19. The van der Waals surface area contributed by atoms with Crippen molar-refractivity contribution >= 4 is 17.5 Å². The fourth-order valence-corrected chi connectivity index (χ4v) is 4.06. The van der Waals surface area contributed by atoms with E-state index < -0.39 is 70.3 Å². The van der Waals surface area contributed by atoms with E-state index in [0.29, 0.717) is 29.7 Å². The minimum absolute atomic E-state index is 0.0424. The van der Waals surface area contributed by atoms with Crippen molar-refractivity contribution in [3.8, 4) is 17.1 Å². The highest BCUT2D eigenvalue weighted by atomic mass is 35.5. The predicted octanol–water partition coefficient (Wildman–Crippen LogP) is 5.74. The molecule has 0 atom stereocenters. The number of carbonyl (C=O) groups excluding carboxylic acids is 1. The smallest absolute Gasteiger partial charge is 0.433 e. The molecule has 0 radical (unpaired) electrons. The third-order valence-electron chi connectivity index (χ3n) is 5.81. The quantitative estimate of drug-likeness (QED) is 0.375. The monoisotopic (exact) mass is 563 g/mol. The van der Waals surface area contributed by atoms with Crippen molar-refractivity contribution in [1.82, 2.24) is 15.3 Å². The zero-order valence-corrected chi connectivity index (χ0v) is 19.8. The second-order valence-corrected chi connectivity index (χ2v) is 8.96. The molecule has 6 nitrogen and oxygen atoms in total. The Hall–Kier alpha value is -3.61. The largest absolute Gasteiger partial charge is 0.490 e. The summed E-state index contributed by atoms with van der Waals surface area (Å²) >= 11 is 5.89. The molecule has 1 aromatic heterocycles. The van der Waals surface area contributed by atoms with Crippen molar-refractivity contribution in [1.29, 1.82) is 0 Å². The Bertz CT molecular complexity index is 1420. The van der Waals surface area contributed by atoms with Gasteiger partial charge in [0.2, 0.25) is 5.91 Å². The molecule has 1 aliphatic rings. The maximum absolute atomic E-state index is 15.3. The molecule has 1 fully saturated rings. The van der Waals surface area contributed by atoms with Crippen molar-refractivity contribution in [2.24, 2.45) is 5.92 Å². The van der Waals surface area contributed by atoms with Crippen molar-refractivity contribution in [2.45, 2.75) is 37.8 Å². The van der Waals surface area contributed by atoms with Crippen LogP contribution in [0, 0.1) is 11.7 Å². The first-order chi connectivity index (χ1) is 17.7. The summed E-state index contributed by atoms with van der Waals surface area (Å²) in [5.74, 6) is -3.33. The molecule has 0 spiro atoms. The number of hydrogen-bond donors (Lipinski definition) is 2. The van der Waals surface area contributed by atoms with E-state index in [4.69, 9.17) is 16.3 Å².